The summed E-state index contributed by atoms with van der Waals surface area (Å²) in [6, 6.07) is 7.13. The van der Waals surface area contributed by atoms with Crippen LogP contribution in [0.1, 0.15) is 5.56 Å². The molecule has 0 heterocycles. The number of hydrogen-bond acceptors (Lipinski definition) is 1. The predicted molar refractivity (Wildman–Crippen MR) is 50.5 cm³/mol. The summed E-state index contributed by atoms with van der Waals surface area (Å²) in [7, 11) is 0. The molecule has 0 saturated carbocycles. The zero-order chi connectivity index (χ0) is 8.97. The average molecular weight is 253 g/mol. The van der Waals surface area contributed by atoms with Crippen LogP contribution in [-0.2, 0) is 5.33 Å². The minimum Gasteiger partial charge on any atom is -0.447 e. The maximum atomic E-state index is 12.2. The van der Waals surface area contributed by atoms with Crippen LogP contribution in [0.5, 0.6) is 5.75 Å². The predicted octanol–water partition coefficient (Wildman–Crippen LogP) is 3.45. The molecule has 1 aromatic carbocycles. The van der Waals surface area contributed by atoms with E-state index in [0.29, 0.717) is 11.1 Å². The highest BCUT2D eigenvalue weighted by atomic mass is 79.9. The molecule has 0 aliphatic carbocycles. The summed E-state index contributed by atoms with van der Waals surface area (Å²) in [6.45, 7) is 0. The Hall–Kier alpha value is -0.280. The van der Waals surface area contributed by atoms with Gasteiger partial charge in [-0.25, -0.2) is 0 Å². The van der Waals surface area contributed by atoms with Crippen molar-refractivity contribution in [3.8, 4) is 5.75 Å². The van der Waals surface area contributed by atoms with Crippen LogP contribution in [0.2, 0.25) is 0 Å². The molecule has 0 radical (unpaired) electrons. The van der Waals surface area contributed by atoms with E-state index in [1.807, 2.05) is 12.1 Å². The minimum absolute atomic E-state index is 0.469. The number of hydrogen-bond donors (Lipinski definition) is 0. The monoisotopic (exact) mass is 252 g/mol. The summed E-state index contributed by atoms with van der Waals surface area (Å²) in [5.74, 6) is -1.32. The number of halogens is 3. The van der Waals surface area contributed by atoms with Crippen molar-refractivity contribution in [2.75, 3.05) is 0 Å². The molecule has 0 N–H and O–H groups in total. The van der Waals surface area contributed by atoms with E-state index in [1.165, 1.54) is 0 Å². The lowest BCUT2D eigenvalue weighted by molar-refractivity contribution is 0.146. The first-order valence-corrected chi connectivity index (χ1v) is 4.88. The first kappa shape index (κ1) is 9.81. The summed E-state index contributed by atoms with van der Waals surface area (Å²) in [5, 5.41) is 0.618. The van der Waals surface area contributed by atoms with Gasteiger partial charge in [-0.05, 0) is 17.7 Å². The lowest BCUT2D eigenvalue weighted by atomic mass is 10.2. The smallest absolute Gasteiger partial charge is 0.316 e. The van der Waals surface area contributed by atoms with Crippen LogP contribution in [0.3, 0.4) is 0 Å². The van der Waals surface area contributed by atoms with Gasteiger partial charge in [-0.1, -0.05) is 34.1 Å². The maximum Gasteiger partial charge on any atom is 0.316 e. The van der Waals surface area contributed by atoms with E-state index in [1.54, 1.807) is 12.1 Å². The van der Waals surface area contributed by atoms with Gasteiger partial charge in [0.05, 0.1) is 0 Å². The largest absolute Gasteiger partial charge is 0.447 e. The summed E-state index contributed by atoms with van der Waals surface area (Å²) in [4.78, 5) is 0. The second kappa shape index (κ2) is 4.67. The van der Waals surface area contributed by atoms with Crippen molar-refractivity contribution >= 4 is 27.5 Å². The van der Waals surface area contributed by atoms with E-state index in [4.69, 9.17) is 16.3 Å². The summed E-state index contributed by atoms with van der Waals surface area (Å²) in [6.07, 6.45) is 0. The average Bonchev–Trinajstić information content (AvgIpc) is 2.04. The van der Waals surface area contributed by atoms with Crippen LogP contribution in [0.4, 0.5) is 4.39 Å². The second-order valence-electron chi connectivity index (χ2n) is 2.12. The van der Waals surface area contributed by atoms with E-state index >= 15 is 0 Å². The Kier molecular flexibility index (Phi) is 3.82. The third kappa shape index (κ3) is 2.64. The van der Waals surface area contributed by atoms with Crippen LogP contribution < -0.4 is 4.74 Å². The number of ether oxygens (including phenoxy) is 1. The van der Waals surface area contributed by atoms with Crippen LogP contribution in [0.15, 0.2) is 24.3 Å². The number of alkyl halides is 3. The molecule has 1 aromatic rings. The number of rotatable bonds is 3. The fraction of sp³-hybridized carbons (Fsp3) is 0.250. The van der Waals surface area contributed by atoms with Crippen LogP contribution in [0.25, 0.3) is 0 Å². The Bertz CT molecular complexity index is 255. The standard InChI is InChI=1S/C8H7BrClFO/c9-5-6-3-1-2-4-7(6)12-8(10)11/h1-4,8H,5H2. The van der Waals surface area contributed by atoms with Crippen molar-refractivity contribution in [2.24, 2.45) is 0 Å². The molecule has 0 spiro atoms. The summed E-state index contributed by atoms with van der Waals surface area (Å²) in [5.41, 5.74) is 0.876. The van der Waals surface area contributed by atoms with E-state index in [0.717, 1.165) is 5.56 Å². The van der Waals surface area contributed by atoms with Gasteiger partial charge in [0.2, 0.25) is 0 Å². The van der Waals surface area contributed by atoms with Gasteiger partial charge in [-0.2, -0.15) is 4.39 Å². The van der Waals surface area contributed by atoms with E-state index in [-0.39, 0.29) is 0 Å². The molecule has 12 heavy (non-hydrogen) atoms. The maximum absolute atomic E-state index is 12.2. The highest BCUT2D eigenvalue weighted by Gasteiger charge is 2.05. The van der Waals surface area contributed by atoms with Gasteiger partial charge in [0.15, 0.2) is 0 Å². The fourth-order valence-electron chi connectivity index (χ4n) is 0.825. The van der Waals surface area contributed by atoms with E-state index in [2.05, 4.69) is 15.9 Å². The highest BCUT2D eigenvalue weighted by molar-refractivity contribution is 9.08. The van der Waals surface area contributed by atoms with Gasteiger partial charge < -0.3 is 4.74 Å². The molecule has 66 valence electrons. The molecule has 0 aromatic heterocycles. The molecule has 0 aliphatic rings. The number of para-hydroxylation sites is 1. The van der Waals surface area contributed by atoms with Crippen molar-refractivity contribution in [2.45, 2.75) is 11.1 Å². The third-order valence-corrected chi connectivity index (χ3v) is 2.03. The second-order valence-corrected chi connectivity index (χ2v) is 3.02. The quantitative estimate of drug-likeness (QED) is 0.750. The molecule has 0 amide bonds. The first-order chi connectivity index (χ1) is 5.74. The lowest BCUT2D eigenvalue weighted by Gasteiger charge is -2.08. The van der Waals surface area contributed by atoms with Crippen LogP contribution in [-0.4, -0.2) is 5.82 Å². The zero-order valence-corrected chi connectivity index (χ0v) is 8.48. The molecule has 4 heteroatoms. The molecular weight excluding hydrogens is 246 g/mol. The molecular formula is C8H7BrClFO. The van der Waals surface area contributed by atoms with Gasteiger partial charge in [0.1, 0.15) is 5.75 Å². The van der Waals surface area contributed by atoms with Gasteiger partial charge >= 0.3 is 5.82 Å². The lowest BCUT2D eigenvalue weighted by Crippen LogP contribution is -2.02. The summed E-state index contributed by atoms with van der Waals surface area (Å²) < 4.78 is 16.9. The van der Waals surface area contributed by atoms with Crippen LogP contribution >= 0.6 is 27.5 Å². The molecule has 1 atom stereocenters. The Balaban J connectivity index is 2.82. The molecule has 1 unspecified atom stereocenters. The number of benzene rings is 1. The Morgan fingerprint density at radius 1 is 1.50 bits per heavy atom. The molecule has 0 bridgehead atoms. The fourth-order valence-corrected chi connectivity index (χ4v) is 1.38. The first-order valence-electron chi connectivity index (χ1n) is 3.32. The minimum atomic E-state index is -1.79. The van der Waals surface area contributed by atoms with Gasteiger partial charge in [0, 0.05) is 10.9 Å². The van der Waals surface area contributed by atoms with Crippen molar-refractivity contribution in [1.29, 1.82) is 0 Å². The van der Waals surface area contributed by atoms with E-state index < -0.39 is 5.82 Å². The molecule has 1 rings (SSSR count). The SMILES string of the molecule is FC(Cl)Oc1ccccc1CBr. The molecule has 1 nitrogen and oxygen atoms in total. The van der Waals surface area contributed by atoms with Crippen LogP contribution in [0, 0.1) is 0 Å². The van der Waals surface area contributed by atoms with Gasteiger partial charge in [0.25, 0.3) is 0 Å². The topological polar surface area (TPSA) is 9.23 Å². The molecule has 0 saturated heterocycles. The van der Waals surface area contributed by atoms with Gasteiger partial charge in [-0.15, -0.1) is 0 Å². The van der Waals surface area contributed by atoms with Crippen molar-refractivity contribution in [3.05, 3.63) is 29.8 Å². The Morgan fingerprint density at radius 2 is 2.17 bits per heavy atom. The van der Waals surface area contributed by atoms with Gasteiger partial charge in [-0.3, -0.25) is 0 Å². The molecule has 0 aliphatic heterocycles. The van der Waals surface area contributed by atoms with Crippen molar-refractivity contribution in [1.82, 2.24) is 0 Å². The molecule has 0 fully saturated rings. The Labute approximate surface area is 83.6 Å². The van der Waals surface area contributed by atoms with Crippen molar-refractivity contribution < 1.29 is 9.13 Å². The highest BCUT2D eigenvalue weighted by Crippen LogP contribution is 2.22. The van der Waals surface area contributed by atoms with Crippen molar-refractivity contribution in [3.63, 3.8) is 0 Å². The zero-order valence-electron chi connectivity index (χ0n) is 6.14. The third-order valence-electron chi connectivity index (χ3n) is 1.33. The Morgan fingerprint density at radius 3 is 2.75 bits per heavy atom. The van der Waals surface area contributed by atoms with E-state index in [9.17, 15) is 4.39 Å². The summed E-state index contributed by atoms with van der Waals surface area (Å²) >= 11 is 8.29. The normalized spacial score (nSPS) is 12.6.